The van der Waals surface area contributed by atoms with Gasteiger partial charge in [0.25, 0.3) is 0 Å². The maximum Gasteiger partial charge on any atom is 0.156 e. The topological polar surface area (TPSA) is 59.6 Å². The summed E-state index contributed by atoms with van der Waals surface area (Å²) in [6.07, 6.45) is 2.24. The Bertz CT molecular complexity index is 370. The van der Waals surface area contributed by atoms with Crippen molar-refractivity contribution >= 4 is 5.71 Å². The van der Waals surface area contributed by atoms with E-state index in [1.807, 2.05) is 14.0 Å². The van der Waals surface area contributed by atoms with Gasteiger partial charge in [0.2, 0.25) is 0 Å². The SMILES string of the molecule is Cc1c(C2=NOC(CO)C2)cnn1C. The highest BCUT2D eigenvalue weighted by molar-refractivity contribution is 6.01. The summed E-state index contributed by atoms with van der Waals surface area (Å²) in [7, 11) is 1.89. The van der Waals surface area contributed by atoms with Gasteiger partial charge in [-0.1, -0.05) is 5.16 Å². The molecule has 1 N–H and O–H groups in total. The Balaban J connectivity index is 2.21. The molecule has 14 heavy (non-hydrogen) atoms. The molecular formula is C9H13N3O2. The Kier molecular flexibility index (Phi) is 2.25. The summed E-state index contributed by atoms with van der Waals surface area (Å²) in [6.45, 7) is 1.99. The third-order valence-corrected chi connectivity index (χ3v) is 2.48. The van der Waals surface area contributed by atoms with Gasteiger partial charge in [-0.3, -0.25) is 4.68 Å². The largest absolute Gasteiger partial charge is 0.392 e. The van der Waals surface area contributed by atoms with Crippen LogP contribution in [0.15, 0.2) is 11.4 Å². The maximum atomic E-state index is 8.89. The summed E-state index contributed by atoms with van der Waals surface area (Å²) in [5.74, 6) is 0. The summed E-state index contributed by atoms with van der Waals surface area (Å²) in [5, 5.41) is 17.0. The Morgan fingerprint density at radius 3 is 3.00 bits per heavy atom. The molecule has 0 fully saturated rings. The van der Waals surface area contributed by atoms with Crippen molar-refractivity contribution in [1.82, 2.24) is 9.78 Å². The van der Waals surface area contributed by atoms with Crippen LogP contribution in [-0.2, 0) is 11.9 Å². The van der Waals surface area contributed by atoms with Gasteiger partial charge in [0.15, 0.2) is 6.10 Å². The number of hydrogen-bond acceptors (Lipinski definition) is 4. The molecule has 0 radical (unpaired) electrons. The van der Waals surface area contributed by atoms with Gasteiger partial charge in [-0.25, -0.2) is 0 Å². The molecule has 0 amide bonds. The Morgan fingerprint density at radius 2 is 2.50 bits per heavy atom. The van der Waals surface area contributed by atoms with E-state index in [4.69, 9.17) is 9.94 Å². The zero-order chi connectivity index (χ0) is 10.1. The van der Waals surface area contributed by atoms with Gasteiger partial charge < -0.3 is 9.94 Å². The predicted molar refractivity (Wildman–Crippen MR) is 51.1 cm³/mol. The van der Waals surface area contributed by atoms with Crippen molar-refractivity contribution in [3.05, 3.63) is 17.5 Å². The number of aromatic nitrogens is 2. The second-order valence-corrected chi connectivity index (χ2v) is 3.42. The molecule has 1 aromatic heterocycles. The van der Waals surface area contributed by atoms with Crippen LogP contribution in [0.3, 0.4) is 0 Å². The molecular weight excluding hydrogens is 182 g/mol. The molecule has 0 aliphatic carbocycles. The molecule has 76 valence electrons. The molecule has 0 saturated carbocycles. The van der Waals surface area contributed by atoms with E-state index in [0.29, 0.717) is 6.42 Å². The lowest BCUT2D eigenvalue weighted by molar-refractivity contribution is 0.0390. The number of rotatable bonds is 2. The third-order valence-electron chi connectivity index (χ3n) is 2.48. The number of nitrogens with zero attached hydrogens (tertiary/aromatic N) is 3. The van der Waals surface area contributed by atoms with E-state index in [1.54, 1.807) is 10.9 Å². The van der Waals surface area contributed by atoms with Gasteiger partial charge in [-0.05, 0) is 6.92 Å². The fraction of sp³-hybridized carbons (Fsp3) is 0.556. The van der Waals surface area contributed by atoms with E-state index in [-0.39, 0.29) is 12.7 Å². The minimum atomic E-state index is -0.190. The van der Waals surface area contributed by atoms with Crippen molar-refractivity contribution in [3.8, 4) is 0 Å². The molecule has 1 atom stereocenters. The average Bonchev–Trinajstić information content (AvgIpc) is 2.75. The lowest BCUT2D eigenvalue weighted by Gasteiger charge is -2.01. The predicted octanol–water partition coefficient (Wildman–Crippen LogP) is 0.214. The number of aliphatic hydroxyl groups excluding tert-OH is 1. The summed E-state index contributed by atoms with van der Waals surface area (Å²) in [4.78, 5) is 5.03. The number of aryl methyl sites for hydroxylation is 1. The molecule has 2 heterocycles. The zero-order valence-electron chi connectivity index (χ0n) is 8.27. The zero-order valence-corrected chi connectivity index (χ0v) is 8.27. The minimum Gasteiger partial charge on any atom is -0.392 e. The van der Waals surface area contributed by atoms with E-state index in [1.165, 1.54) is 0 Å². The molecule has 1 aromatic rings. The van der Waals surface area contributed by atoms with Crippen LogP contribution in [0.5, 0.6) is 0 Å². The van der Waals surface area contributed by atoms with E-state index in [2.05, 4.69) is 10.3 Å². The molecule has 0 saturated heterocycles. The van der Waals surface area contributed by atoms with E-state index in [9.17, 15) is 0 Å². The number of aliphatic hydroxyl groups is 1. The molecule has 0 aromatic carbocycles. The average molecular weight is 195 g/mol. The van der Waals surface area contributed by atoms with Crippen LogP contribution in [-0.4, -0.2) is 33.3 Å². The van der Waals surface area contributed by atoms with Crippen molar-refractivity contribution in [2.45, 2.75) is 19.4 Å². The van der Waals surface area contributed by atoms with Crippen LogP contribution in [0, 0.1) is 6.92 Å². The maximum absolute atomic E-state index is 8.89. The van der Waals surface area contributed by atoms with Gasteiger partial charge in [-0.2, -0.15) is 5.10 Å². The Hall–Kier alpha value is -1.36. The highest BCUT2D eigenvalue weighted by Gasteiger charge is 2.23. The van der Waals surface area contributed by atoms with Crippen molar-refractivity contribution in [1.29, 1.82) is 0 Å². The molecule has 5 heteroatoms. The number of oxime groups is 1. The second kappa shape index (κ2) is 3.42. The molecule has 5 nitrogen and oxygen atoms in total. The highest BCUT2D eigenvalue weighted by atomic mass is 16.6. The molecule has 1 aliphatic rings. The molecule has 2 rings (SSSR count). The molecule has 1 unspecified atom stereocenters. The molecule has 0 spiro atoms. The summed E-state index contributed by atoms with van der Waals surface area (Å²) >= 11 is 0. The van der Waals surface area contributed by atoms with Crippen molar-refractivity contribution in [2.75, 3.05) is 6.61 Å². The van der Waals surface area contributed by atoms with Crippen LogP contribution in [0.25, 0.3) is 0 Å². The summed E-state index contributed by atoms with van der Waals surface area (Å²) < 4.78 is 1.80. The van der Waals surface area contributed by atoms with E-state index >= 15 is 0 Å². The lowest BCUT2D eigenvalue weighted by atomic mass is 10.1. The van der Waals surface area contributed by atoms with Crippen LogP contribution >= 0.6 is 0 Å². The molecule has 0 bridgehead atoms. The van der Waals surface area contributed by atoms with Gasteiger partial charge in [0, 0.05) is 24.7 Å². The van der Waals surface area contributed by atoms with Crippen molar-refractivity contribution in [3.63, 3.8) is 0 Å². The highest BCUT2D eigenvalue weighted by Crippen LogP contribution is 2.18. The van der Waals surface area contributed by atoms with E-state index < -0.39 is 0 Å². The first-order chi connectivity index (χ1) is 6.72. The fourth-order valence-corrected chi connectivity index (χ4v) is 1.47. The first kappa shape index (κ1) is 9.21. The monoisotopic (exact) mass is 195 g/mol. The standard InChI is InChI=1S/C9H13N3O2/c1-6-8(4-10-12(6)2)9-3-7(5-13)14-11-9/h4,7,13H,3,5H2,1-2H3. The van der Waals surface area contributed by atoms with Gasteiger partial charge in [0.1, 0.15) is 0 Å². The quantitative estimate of drug-likeness (QED) is 0.734. The van der Waals surface area contributed by atoms with Crippen LogP contribution in [0.2, 0.25) is 0 Å². The third kappa shape index (κ3) is 1.39. The first-order valence-corrected chi connectivity index (χ1v) is 4.55. The molecule has 1 aliphatic heterocycles. The van der Waals surface area contributed by atoms with Crippen LogP contribution in [0.4, 0.5) is 0 Å². The number of hydrogen-bond donors (Lipinski definition) is 1. The van der Waals surface area contributed by atoms with Crippen molar-refractivity contribution in [2.24, 2.45) is 12.2 Å². The summed E-state index contributed by atoms with van der Waals surface area (Å²) in [6, 6.07) is 0. The van der Waals surface area contributed by atoms with Crippen LogP contribution < -0.4 is 0 Å². The van der Waals surface area contributed by atoms with Gasteiger partial charge in [-0.15, -0.1) is 0 Å². The van der Waals surface area contributed by atoms with Crippen LogP contribution in [0.1, 0.15) is 17.7 Å². The van der Waals surface area contributed by atoms with Gasteiger partial charge >= 0.3 is 0 Å². The Labute approximate surface area is 82.0 Å². The minimum absolute atomic E-state index is 0.00626. The second-order valence-electron chi connectivity index (χ2n) is 3.42. The first-order valence-electron chi connectivity index (χ1n) is 4.55. The van der Waals surface area contributed by atoms with Gasteiger partial charge in [0.05, 0.1) is 18.5 Å². The fourth-order valence-electron chi connectivity index (χ4n) is 1.47. The Morgan fingerprint density at radius 1 is 1.71 bits per heavy atom. The summed E-state index contributed by atoms with van der Waals surface area (Å²) in [5.41, 5.74) is 2.93. The normalized spacial score (nSPS) is 20.8. The van der Waals surface area contributed by atoms with E-state index in [0.717, 1.165) is 17.0 Å². The van der Waals surface area contributed by atoms with Crippen molar-refractivity contribution < 1.29 is 9.94 Å². The lowest BCUT2D eigenvalue weighted by Crippen LogP contribution is -2.13. The smallest absolute Gasteiger partial charge is 0.156 e.